The third-order valence-corrected chi connectivity index (χ3v) is 8.55. The van der Waals surface area contributed by atoms with E-state index in [0.29, 0.717) is 30.4 Å². The maximum absolute atomic E-state index is 13.4. The molecular formula is C35H40N8O6. The van der Waals surface area contributed by atoms with E-state index in [4.69, 9.17) is 4.74 Å². The SMILES string of the molecule is COC(=O)NCC(=O)N1CCC[C@@H]1c1ncc(C#CC#Cc2ccc(-c3cnc([C@H]4CCCN4C(=O)[C@@H](NC(=O)OC)C(C)C)[nH]3)cc2)[nH]1. The van der Waals surface area contributed by atoms with Gasteiger partial charge in [0.2, 0.25) is 11.8 Å². The van der Waals surface area contributed by atoms with Gasteiger partial charge in [0.25, 0.3) is 0 Å². The minimum Gasteiger partial charge on any atom is -0.453 e. The summed E-state index contributed by atoms with van der Waals surface area (Å²) in [6, 6.07) is 6.56. The zero-order chi connectivity index (χ0) is 34.9. The van der Waals surface area contributed by atoms with Crippen LogP contribution in [0.4, 0.5) is 9.59 Å². The Morgan fingerprint density at radius 2 is 1.51 bits per heavy atom. The first-order valence-corrected chi connectivity index (χ1v) is 16.2. The number of aromatic amines is 2. The Hall–Kier alpha value is -5.76. The molecule has 14 nitrogen and oxygen atoms in total. The van der Waals surface area contributed by atoms with Gasteiger partial charge in [-0.25, -0.2) is 19.6 Å². The number of carbonyl (C=O) groups excluding carboxylic acids is 4. The van der Waals surface area contributed by atoms with Crippen LogP contribution in [0.3, 0.4) is 0 Å². The van der Waals surface area contributed by atoms with Crippen LogP contribution in [0.5, 0.6) is 0 Å². The highest BCUT2D eigenvalue weighted by atomic mass is 16.5. The number of nitrogens with one attached hydrogen (secondary N) is 4. The van der Waals surface area contributed by atoms with Gasteiger partial charge in [0.1, 0.15) is 29.9 Å². The van der Waals surface area contributed by atoms with E-state index in [1.54, 1.807) is 22.2 Å². The van der Waals surface area contributed by atoms with E-state index >= 15 is 0 Å². The molecule has 2 aliphatic heterocycles. The monoisotopic (exact) mass is 668 g/mol. The number of hydrogen-bond donors (Lipinski definition) is 4. The Bertz CT molecular complexity index is 1790. The van der Waals surface area contributed by atoms with Crippen LogP contribution in [0.25, 0.3) is 11.3 Å². The molecule has 2 aromatic heterocycles. The number of hydrogen-bond acceptors (Lipinski definition) is 8. The highest BCUT2D eigenvalue weighted by molar-refractivity contribution is 5.86. The summed E-state index contributed by atoms with van der Waals surface area (Å²) in [5, 5.41) is 5.09. The number of carbonyl (C=O) groups is 4. The molecular weight excluding hydrogens is 628 g/mol. The maximum Gasteiger partial charge on any atom is 0.407 e. The van der Waals surface area contributed by atoms with Gasteiger partial charge in [0.15, 0.2) is 0 Å². The Morgan fingerprint density at radius 1 is 0.878 bits per heavy atom. The molecule has 49 heavy (non-hydrogen) atoms. The summed E-state index contributed by atoms with van der Waals surface area (Å²) in [5.41, 5.74) is 3.11. The van der Waals surface area contributed by atoms with E-state index in [0.717, 1.165) is 42.5 Å². The molecule has 0 radical (unpaired) electrons. The molecule has 14 heteroatoms. The van der Waals surface area contributed by atoms with Crippen LogP contribution >= 0.6 is 0 Å². The predicted octanol–water partition coefficient (Wildman–Crippen LogP) is 3.27. The highest BCUT2D eigenvalue weighted by Gasteiger charge is 2.37. The van der Waals surface area contributed by atoms with E-state index in [-0.39, 0.29) is 36.4 Å². The Kier molecular flexibility index (Phi) is 11.2. The second-order valence-electron chi connectivity index (χ2n) is 12.1. The first kappa shape index (κ1) is 34.6. The lowest BCUT2D eigenvalue weighted by Crippen LogP contribution is -2.51. The molecule has 2 aliphatic rings. The first-order valence-electron chi connectivity index (χ1n) is 16.2. The van der Waals surface area contributed by atoms with Crippen LogP contribution in [0.1, 0.15) is 74.5 Å². The minimum atomic E-state index is -0.693. The molecule has 0 spiro atoms. The number of likely N-dealkylation sites (tertiary alicyclic amines) is 2. The van der Waals surface area contributed by atoms with Gasteiger partial charge in [-0.05, 0) is 67.1 Å². The largest absolute Gasteiger partial charge is 0.453 e. The Balaban J connectivity index is 1.18. The number of ether oxygens (including phenoxy) is 2. The fraction of sp³-hybridized carbons (Fsp3) is 0.429. The third-order valence-electron chi connectivity index (χ3n) is 8.55. The van der Waals surface area contributed by atoms with Crippen molar-refractivity contribution in [2.45, 2.75) is 57.7 Å². The second-order valence-corrected chi connectivity index (χ2v) is 12.1. The zero-order valence-corrected chi connectivity index (χ0v) is 28.0. The summed E-state index contributed by atoms with van der Waals surface area (Å²) < 4.78 is 9.25. The summed E-state index contributed by atoms with van der Waals surface area (Å²) in [5.74, 6) is 12.6. The smallest absolute Gasteiger partial charge is 0.407 e. The quantitative estimate of drug-likeness (QED) is 0.265. The number of aromatic nitrogens is 4. The van der Waals surface area contributed by atoms with Gasteiger partial charge in [-0.2, -0.15) is 0 Å². The molecule has 256 valence electrons. The van der Waals surface area contributed by atoms with Crippen LogP contribution < -0.4 is 10.6 Å². The number of imidazole rings is 2. The van der Waals surface area contributed by atoms with Gasteiger partial charge in [0.05, 0.1) is 44.4 Å². The van der Waals surface area contributed by atoms with Crippen LogP contribution in [-0.2, 0) is 19.1 Å². The predicted molar refractivity (Wildman–Crippen MR) is 178 cm³/mol. The van der Waals surface area contributed by atoms with E-state index < -0.39 is 18.2 Å². The van der Waals surface area contributed by atoms with Crippen molar-refractivity contribution >= 4 is 24.0 Å². The standard InChI is InChI=1S/C35H40N8O6/c1-22(2)30(41-35(47)49-4)33(45)43-18-8-12-28(43)32-37-20-26(40-32)24-15-13-23(14-16-24)9-5-6-10-25-19-36-31(39-25)27-11-7-17-42(27)29(44)21-38-34(46)48-3/h13-16,19-20,22,27-28,30H,7-8,11-12,17-18,21H2,1-4H3,(H,36,39)(H,37,40)(H,38,46)(H,41,47)/t27-,28-,30+/m1/s1. The summed E-state index contributed by atoms with van der Waals surface area (Å²) in [4.78, 5) is 68.3. The number of H-pyrrole nitrogens is 2. The minimum absolute atomic E-state index is 0.109. The number of nitrogens with zero attached hydrogens (tertiary/aromatic N) is 4. The fourth-order valence-electron chi connectivity index (χ4n) is 6.02. The molecule has 4 heterocycles. The molecule has 0 saturated carbocycles. The molecule has 0 aliphatic carbocycles. The van der Waals surface area contributed by atoms with Crippen LogP contribution in [0.2, 0.25) is 0 Å². The van der Waals surface area contributed by atoms with Crippen LogP contribution in [-0.4, -0.2) is 93.6 Å². The Labute approximate surface area is 284 Å². The van der Waals surface area contributed by atoms with E-state index in [1.165, 1.54) is 14.2 Å². The van der Waals surface area contributed by atoms with Gasteiger partial charge in [0, 0.05) is 18.7 Å². The normalized spacial score (nSPS) is 17.4. The van der Waals surface area contributed by atoms with E-state index in [2.05, 4.69) is 59.0 Å². The molecule has 4 N–H and O–H groups in total. The van der Waals surface area contributed by atoms with Crippen molar-refractivity contribution in [2.24, 2.45) is 5.92 Å². The van der Waals surface area contributed by atoms with Gasteiger partial charge >= 0.3 is 12.2 Å². The molecule has 0 unspecified atom stereocenters. The molecule has 1 aromatic carbocycles. The topological polar surface area (TPSA) is 175 Å². The summed E-state index contributed by atoms with van der Waals surface area (Å²) in [6.45, 7) is 4.79. The van der Waals surface area contributed by atoms with Gasteiger partial charge < -0.3 is 39.9 Å². The van der Waals surface area contributed by atoms with Gasteiger partial charge in [-0.3, -0.25) is 9.59 Å². The fourth-order valence-corrected chi connectivity index (χ4v) is 6.02. The van der Waals surface area contributed by atoms with Crippen molar-refractivity contribution in [3.63, 3.8) is 0 Å². The molecule has 2 fully saturated rings. The van der Waals surface area contributed by atoms with Crippen molar-refractivity contribution in [3.05, 3.63) is 59.6 Å². The van der Waals surface area contributed by atoms with Crippen molar-refractivity contribution in [1.29, 1.82) is 0 Å². The number of rotatable bonds is 8. The Morgan fingerprint density at radius 3 is 2.20 bits per heavy atom. The number of benzene rings is 1. The number of methoxy groups -OCH3 is 2. The van der Waals surface area contributed by atoms with Crippen molar-refractivity contribution < 1.29 is 28.7 Å². The zero-order valence-electron chi connectivity index (χ0n) is 28.0. The third kappa shape index (κ3) is 8.40. The maximum atomic E-state index is 13.4. The van der Waals surface area contributed by atoms with Crippen molar-refractivity contribution in [2.75, 3.05) is 33.9 Å². The first-order chi connectivity index (χ1) is 23.7. The molecule has 4 amide bonds. The van der Waals surface area contributed by atoms with Crippen LogP contribution in [0.15, 0.2) is 36.7 Å². The lowest BCUT2D eigenvalue weighted by Gasteiger charge is -2.30. The molecule has 3 aromatic rings. The number of amides is 4. The number of alkyl carbamates (subject to hydrolysis) is 2. The van der Waals surface area contributed by atoms with Gasteiger partial charge in [-0.15, -0.1) is 0 Å². The molecule has 5 rings (SSSR count). The van der Waals surface area contributed by atoms with Gasteiger partial charge in [-0.1, -0.05) is 31.9 Å². The molecule has 3 atom stereocenters. The molecule has 0 bridgehead atoms. The summed E-state index contributed by atoms with van der Waals surface area (Å²) in [7, 11) is 2.53. The van der Waals surface area contributed by atoms with Crippen molar-refractivity contribution in [1.82, 2.24) is 40.4 Å². The lowest BCUT2D eigenvalue weighted by atomic mass is 10.0. The average Bonchev–Trinajstić information content (AvgIpc) is 3.94. The van der Waals surface area contributed by atoms with Crippen LogP contribution in [0, 0.1) is 29.6 Å². The van der Waals surface area contributed by atoms with E-state index in [9.17, 15) is 19.2 Å². The van der Waals surface area contributed by atoms with Crippen molar-refractivity contribution in [3.8, 4) is 34.9 Å². The highest BCUT2D eigenvalue weighted by Crippen LogP contribution is 2.33. The molecule has 2 saturated heterocycles. The summed E-state index contributed by atoms with van der Waals surface area (Å²) >= 11 is 0. The average molecular weight is 669 g/mol. The second kappa shape index (κ2) is 15.9. The lowest BCUT2D eigenvalue weighted by molar-refractivity contribution is -0.135. The summed E-state index contributed by atoms with van der Waals surface area (Å²) in [6.07, 6.45) is 5.29. The van der Waals surface area contributed by atoms with E-state index in [1.807, 2.05) is 38.1 Å².